The van der Waals surface area contributed by atoms with E-state index in [0.717, 1.165) is 44.3 Å². The van der Waals surface area contributed by atoms with Gasteiger partial charge in [-0.2, -0.15) is 0 Å². The number of hydrogen-bond acceptors (Lipinski definition) is 3. The molecule has 2 aliphatic rings. The summed E-state index contributed by atoms with van der Waals surface area (Å²) in [6.07, 6.45) is 3.65. The standard InChI is InChI=1S/C16H20N4O2/c17-19-18-14-10-16(11-14)6-8-20(9-7-16)15(21)22-12-13-4-2-1-3-5-13/h1-5,14H,6-12H2. The van der Waals surface area contributed by atoms with Gasteiger partial charge in [-0.15, -0.1) is 0 Å². The number of benzene rings is 1. The minimum atomic E-state index is -0.232. The highest BCUT2D eigenvalue weighted by molar-refractivity contribution is 5.67. The molecule has 0 aromatic heterocycles. The molecule has 1 aromatic rings. The Balaban J connectivity index is 1.43. The summed E-state index contributed by atoms with van der Waals surface area (Å²) in [5.74, 6) is 0. The molecular formula is C16H20N4O2. The molecule has 1 saturated heterocycles. The largest absolute Gasteiger partial charge is 0.445 e. The molecule has 1 saturated carbocycles. The van der Waals surface area contributed by atoms with Crippen molar-refractivity contribution in [2.75, 3.05) is 13.1 Å². The van der Waals surface area contributed by atoms with Crippen molar-refractivity contribution in [1.82, 2.24) is 4.90 Å². The van der Waals surface area contributed by atoms with Gasteiger partial charge in [0, 0.05) is 24.0 Å². The Bertz CT molecular complexity index is 567. The SMILES string of the molecule is [N-]=[N+]=NC1CC2(CCN(C(=O)OCc3ccccc3)CC2)C1. The normalized spacial score (nSPS) is 20.1. The molecule has 2 fully saturated rings. The molecule has 116 valence electrons. The Hall–Kier alpha value is -2.20. The van der Waals surface area contributed by atoms with Crippen LogP contribution < -0.4 is 0 Å². The van der Waals surface area contributed by atoms with Crippen LogP contribution in [0.1, 0.15) is 31.2 Å². The van der Waals surface area contributed by atoms with Crippen LogP contribution in [0, 0.1) is 5.41 Å². The van der Waals surface area contributed by atoms with E-state index in [0.29, 0.717) is 6.61 Å². The molecule has 6 nitrogen and oxygen atoms in total. The first-order valence-corrected chi connectivity index (χ1v) is 7.71. The van der Waals surface area contributed by atoms with Gasteiger partial charge in [-0.25, -0.2) is 4.79 Å². The summed E-state index contributed by atoms with van der Waals surface area (Å²) in [5, 5.41) is 3.77. The third-order valence-corrected chi connectivity index (χ3v) is 4.84. The topological polar surface area (TPSA) is 78.3 Å². The van der Waals surface area contributed by atoms with Crippen LogP contribution in [-0.2, 0) is 11.3 Å². The second kappa shape index (κ2) is 6.28. The number of nitrogens with zero attached hydrogens (tertiary/aromatic N) is 4. The van der Waals surface area contributed by atoms with Crippen molar-refractivity contribution in [3.05, 3.63) is 46.3 Å². The summed E-state index contributed by atoms with van der Waals surface area (Å²) in [6, 6.07) is 9.86. The zero-order chi connectivity index (χ0) is 15.4. The Morgan fingerprint density at radius 1 is 1.32 bits per heavy atom. The number of hydrogen-bond donors (Lipinski definition) is 0. The molecule has 22 heavy (non-hydrogen) atoms. The molecule has 1 aromatic carbocycles. The van der Waals surface area contributed by atoms with Crippen molar-refractivity contribution in [3.8, 4) is 0 Å². The minimum absolute atomic E-state index is 0.154. The number of azide groups is 1. The Morgan fingerprint density at radius 3 is 2.64 bits per heavy atom. The monoisotopic (exact) mass is 300 g/mol. The fraction of sp³-hybridized carbons (Fsp3) is 0.562. The van der Waals surface area contributed by atoms with Crippen LogP contribution in [0.4, 0.5) is 4.79 Å². The first kappa shape index (κ1) is 14.7. The summed E-state index contributed by atoms with van der Waals surface area (Å²) in [7, 11) is 0. The highest BCUT2D eigenvalue weighted by atomic mass is 16.6. The maximum Gasteiger partial charge on any atom is 0.410 e. The summed E-state index contributed by atoms with van der Waals surface area (Å²) < 4.78 is 5.37. The maximum atomic E-state index is 12.1. The highest BCUT2D eigenvalue weighted by Crippen LogP contribution is 2.50. The Labute approximate surface area is 129 Å². The third-order valence-electron chi connectivity index (χ3n) is 4.84. The highest BCUT2D eigenvalue weighted by Gasteiger charge is 2.46. The van der Waals surface area contributed by atoms with Crippen LogP contribution in [0.25, 0.3) is 10.4 Å². The average molecular weight is 300 g/mol. The zero-order valence-corrected chi connectivity index (χ0v) is 12.5. The molecule has 6 heteroatoms. The van der Waals surface area contributed by atoms with Gasteiger partial charge in [-0.05, 0) is 42.2 Å². The number of likely N-dealkylation sites (tertiary alicyclic amines) is 1. The van der Waals surface area contributed by atoms with Gasteiger partial charge in [0.25, 0.3) is 0 Å². The predicted octanol–water partition coefficient (Wildman–Crippen LogP) is 3.88. The molecule has 3 rings (SSSR count). The second-order valence-corrected chi connectivity index (χ2v) is 6.29. The number of ether oxygens (including phenoxy) is 1. The van der Waals surface area contributed by atoms with Gasteiger partial charge in [0.2, 0.25) is 0 Å². The van der Waals surface area contributed by atoms with Crippen molar-refractivity contribution >= 4 is 6.09 Å². The fourth-order valence-electron chi connectivity index (χ4n) is 3.48. The lowest BCUT2D eigenvalue weighted by atomic mass is 9.60. The van der Waals surface area contributed by atoms with E-state index < -0.39 is 0 Å². The van der Waals surface area contributed by atoms with Gasteiger partial charge < -0.3 is 9.64 Å². The van der Waals surface area contributed by atoms with Crippen LogP contribution in [-0.4, -0.2) is 30.1 Å². The molecule has 1 heterocycles. The Morgan fingerprint density at radius 2 is 2.00 bits per heavy atom. The lowest BCUT2D eigenvalue weighted by Crippen LogP contribution is -2.50. The van der Waals surface area contributed by atoms with Crippen LogP contribution in [0.2, 0.25) is 0 Å². The molecule has 1 aliphatic carbocycles. The number of carbonyl (C=O) groups excluding carboxylic acids is 1. The number of rotatable bonds is 3. The van der Waals surface area contributed by atoms with Crippen molar-refractivity contribution in [1.29, 1.82) is 0 Å². The van der Waals surface area contributed by atoms with Crippen LogP contribution in [0.5, 0.6) is 0 Å². The number of carbonyl (C=O) groups is 1. The molecule has 0 atom stereocenters. The summed E-state index contributed by atoms with van der Waals surface area (Å²) >= 11 is 0. The van der Waals surface area contributed by atoms with Crippen LogP contribution in [0.15, 0.2) is 35.4 Å². The first-order valence-electron chi connectivity index (χ1n) is 7.71. The van der Waals surface area contributed by atoms with E-state index >= 15 is 0 Å². The minimum Gasteiger partial charge on any atom is -0.445 e. The summed E-state index contributed by atoms with van der Waals surface area (Å²) in [6.45, 7) is 1.79. The van der Waals surface area contributed by atoms with Crippen molar-refractivity contribution in [3.63, 3.8) is 0 Å². The van der Waals surface area contributed by atoms with Gasteiger partial charge in [0.1, 0.15) is 6.61 Å². The van der Waals surface area contributed by atoms with E-state index in [1.807, 2.05) is 30.3 Å². The fourth-order valence-corrected chi connectivity index (χ4v) is 3.48. The molecular weight excluding hydrogens is 280 g/mol. The van der Waals surface area contributed by atoms with Crippen molar-refractivity contribution in [2.45, 2.75) is 38.3 Å². The van der Waals surface area contributed by atoms with Gasteiger partial charge >= 0.3 is 6.09 Å². The van der Waals surface area contributed by atoms with E-state index in [9.17, 15) is 4.79 Å². The lowest BCUT2D eigenvalue weighted by molar-refractivity contribution is 0.0124. The van der Waals surface area contributed by atoms with E-state index in [2.05, 4.69) is 10.0 Å². The summed E-state index contributed by atoms with van der Waals surface area (Å²) in [5.41, 5.74) is 9.73. The van der Waals surface area contributed by atoms with E-state index in [-0.39, 0.29) is 17.6 Å². The second-order valence-electron chi connectivity index (χ2n) is 6.29. The van der Waals surface area contributed by atoms with Crippen LogP contribution in [0.3, 0.4) is 0 Å². The molecule has 1 aliphatic heterocycles. The Kier molecular flexibility index (Phi) is 4.20. The molecule has 1 amide bonds. The zero-order valence-electron chi connectivity index (χ0n) is 12.5. The van der Waals surface area contributed by atoms with E-state index in [1.165, 1.54) is 0 Å². The van der Waals surface area contributed by atoms with Gasteiger partial charge in [0.15, 0.2) is 0 Å². The summed E-state index contributed by atoms with van der Waals surface area (Å²) in [4.78, 5) is 16.8. The molecule has 0 radical (unpaired) electrons. The first-order chi connectivity index (χ1) is 10.7. The molecule has 0 unspecified atom stereocenters. The maximum absolute atomic E-state index is 12.1. The van der Waals surface area contributed by atoms with Crippen molar-refractivity contribution in [2.24, 2.45) is 10.5 Å². The lowest BCUT2D eigenvalue weighted by Gasteiger charge is -2.50. The molecule has 1 spiro atoms. The predicted molar refractivity (Wildman–Crippen MR) is 82.0 cm³/mol. The van der Waals surface area contributed by atoms with E-state index in [4.69, 9.17) is 10.3 Å². The van der Waals surface area contributed by atoms with E-state index in [1.54, 1.807) is 4.90 Å². The molecule has 0 N–H and O–H groups in total. The number of piperidine rings is 1. The average Bonchev–Trinajstić information content (AvgIpc) is 2.53. The third kappa shape index (κ3) is 3.17. The van der Waals surface area contributed by atoms with Gasteiger partial charge in [-0.3, -0.25) is 0 Å². The van der Waals surface area contributed by atoms with Crippen molar-refractivity contribution < 1.29 is 9.53 Å². The quantitative estimate of drug-likeness (QED) is 0.482. The number of amides is 1. The smallest absolute Gasteiger partial charge is 0.410 e. The van der Waals surface area contributed by atoms with Gasteiger partial charge in [-0.1, -0.05) is 35.4 Å². The molecule has 0 bridgehead atoms. The van der Waals surface area contributed by atoms with Crippen LogP contribution >= 0.6 is 0 Å². The van der Waals surface area contributed by atoms with Gasteiger partial charge in [0.05, 0.1) is 0 Å².